The number of carbonyl (C=O) groups is 1. The summed E-state index contributed by atoms with van der Waals surface area (Å²) in [6, 6.07) is 9.35. The molecule has 0 radical (unpaired) electrons. The molecule has 6 nitrogen and oxygen atoms in total. The molecule has 24 heavy (non-hydrogen) atoms. The minimum Gasteiger partial charge on any atom is -0.496 e. The number of aromatic nitrogens is 2. The predicted molar refractivity (Wildman–Crippen MR) is 93.4 cm³/mol. The van der Waals surface area contributed by atoms with Crippen molar-refractivity contribution in [2.24, 2.45) is 0 Å². The zero-order valence-corrected chi connectivity index (χ0v) is 13.9. The minimum atomic E-state index is -0.122. The van der Waals surface area contributed by atoms with Gasteiger partial charge < -0.3 is 15.0 Å². The van der Waals surface area contributed by atoms with Gasteiger partial charge in [-0.15, -0.1) is 0 Å². The van der Waals surface area contributed by atoms with Crippen LogP contribution in [-0.4, -0.2) is 36.1 Å². The van der Waals surface area contributed by atoms with Crippen LogP contribution in [0.25, 0.3) is 0 Å². The third-order valence-corrected chi connectivity index (χ3v) is 4.14. The maximum atomic E-state index is 12.3. The Bertz CT molecular complexity index is 699. The van der Waals surface area contributed by atoms with E-state index in [1.807, 2.05) is 30.3 Å². The summed E-state index contributed by atoms with van der Waals surface area (Å²) in [6.45, 7) is 2.01. The van der Waals surface area contributed by atoms with E-state index in [0.717, 1.165) is 24.5 Å². The molecule has 0 unspecified atom stereocenters. The summed E-state index contributed by atoms with van der Waals surface area (Å²) in [4.78, 5) is 23.0. The molecule has 1 amide bonds. The van der Waals surface area contributed by atoms with E-state index >= 15 is 0 Å². The van der Waals surface area contributed by atoms with Crippen LogP contribution in [0.5, 0.6) is 5.75 Å². The van der Waals surface area contributed by atoms with Crippen LogP contribution in [0.1, 0.15) is 24.8 Å². The highest BCUT2D eigenvalue weighted by Gasteiger charge is 2.14. The number of nitrogens with one attached hydrogen (secondary N) is 1. The summed E-state index contributed by atoms with van der Waals surface area (Å²) < 4.78 is 5.28. The van der Waals surface area contributed by atoms with Gasteiger partial charge in [0.05, 0.1) is 13.5 Å². The van der Waals surface area contributed by atoms with Crippen molar-refractivity contribution in [1.82, 2.24) is 9.97 Å². The molecule has 1 aliphatic heterocycles. The van der Waals surface area contributed by atoms with Crippen LogP contribution in [0.15, 0.2) is 36.7 Å². The van der Waals surface area contributed by atoms with Crippen LogP contribution in [0, 0.1) is 0 Å². The predicted octanol–water partition coefficient (Wildman–Crippen LogP) is 2.66. The first kappa shape index (κ1) is 16.2. The first-order valence-electron chi connectivity index (χ1n) is 8.25. The van der Waals surface area contributed by atoms with Gasteiger partial charge in [-0.2, -0.15) is 0 Å². The molecule has 0 saturated carbocycles. The molecule has 1 N–H and O–H groups in total. The fourth-order valence-electron chi connectivity index (χ4n) is 2.92. The second-order valence-corrected chi connectivity index (χ2v) is 5.85. The molecule has 2 aromatic rings. The quantitative estimate of drug-likeness (QED) is 0.915. The summed E-state index contributed by atoms with van der Waals surface area (Å²) in [5.41, 5.74) is 0.850. The van der Waals surface area contributed by atoms with Crippen molar-refractivity contribution < 1.29 is 9.53 Å². The lowest BCUT2D eigenvalue weighted by atomic mass is 10.1. The fourth-order valence-corrected chi connectivity index (χ4v) is 2.92. The molecular formula is C18H22N4O2. The van der Waals surface area contributed by atoms with Crippen molar-refractivity contribution in [2.45, 2.75) is 25.7 Å². The zero-order valence-electron chi connectivity index (χ0n) is 13.9. The van der Waals surface area contributed by atoms with Crippen molar-refractivity contribution in [3.05, 3.63) is 42.2 Å². The zero-order chi connectivity index (χ0) is 16.8. The van der Waals surface area contributed by atoms with Crippen LogP contribution in [0.2, 0.25) is 0 Å². The van der Waals surface area contributed by atoms with Gasteiger partial charge in [0.2, 0.25) is 5.91 Å². The topological polar surface area (TPSA) is 67.3 Å². The lowest BCUT2D eigenvalue weighted by molar-refractivity contribution is -0.115. The van der Waals surface area contributed by atoms with Crippen LogP contribution in [0.3, 0.4) is 0 Å². The van der Waals surface area contributed by atoms with Crippen molar-refractivity contribution in [3.8, 4) is 5.75 Å². The van der Waals surface area contributed by atoms with Gasteiger partial charge in [-0.25, -0.2) is 9.97 Å². The number of benzene rings is 1. The maximum absolute atomic E-state index is 12.3. The Hall–Kier alpha value is -2.63. The highest BCUT2D eigenvalue weighted by Crippen LogP contribution is 2.20. The number of piperidine rings is 1. The third kappa shape index (κ3) is 4.01. The van der Waals surface area contributed by atoms with E-state index in [1.54, 1.807) is 7.11 Å². The van der Waals surface area contributed by atoms with E-state index in [4.69, 9.17) is 4.74 Å². The number of rotatable bonds is 5. The fraction of sp³-hybridized carbons (Fsp3) is 0.389. The number of ether oxygens (including phenoxy) is 1. The summed E-state index contributed by atoms with van der Waals surface area (Å²) in [6.07, 6.45) is 5.37. The number of carbonyl (C=O) groups excluding carboxylic acids is 1. The highest BCUT2D eigenvalue weighted by molar-refractivity contribution is 5.92. The normalized spacial score (nSPS) is 14.3. The van der Waals surface area contributed by atoms with Crippen molar-refractivity contribution in [1.29, 1.82) is 0 Å². The van der Waals surface area contributed by atoms with Gasteiger partial charge in [-0.05, 0) is 25.3 Å². The number of hydrogen-bond donors (Lipinski definition) is 1. The second kappa shape index (κ2) is 7.77. The van der Waals surface area contributed by atoms with Gasteiger partial charge >= 0.3 is 0 Å². The van der Waals surface area contributed by atoms with E-state index in [1.165, 1.54) is 25.6 Å². The first-order valence-corrected chi connectivity index (χ1v) is 8.25. The van der Waals surface area contributed by atoms with Crippen molar-refractivity contribution >= 4 is 17.5 Å². The van der Waals surface area contributed by atoms with E-state index in [0.29, 0.717) is 11.6 Å². The van der Waals surface area contributed by atoms with Crippen LogP contribution in [0.4, 0.5) is 11.6 Å². The molecule has 0 spiro atoms. The Morgan fingerprint density at radius 1 is 1.21 bits per heavy atom. The van der Waals surface area contributed by atoms with Crippen LogP contribution in [-0.2, 0) is 11.2 Å². The molecule has 0 atom stereocenters. The van der Waals surface area contributed by atoms with Gasteiger partial charge in [0.1, 0.15) is 23.7 Å². The molecule has 1 saturated heterocycles. The number of para-hydroxylation sites is 1. The lowest BCUT2D eigenvalue weighted by Crippen LogP contribution is -2.30. The molecule has 3 rings (SSSR count). The summed E-state index contributed by atoms with van der Waals surface area (Å²) in [7, 11) is 1.60. The highest BCUT2D eigenvalue weighted by atomic mass is 16.5. The number of amides is 1. The SMILES string of the molecule is COc1ccccc1CC(=O)Nc1cc(N2CCCCC2)ncn1. The van der Waals surface area contributed by atoms with Gasteiger partial charge in [-0.1, -0.05) is 18.2 Å². The number of anilines is 2. The van der Waals surface area contributed by atoms with E-state index < -0.39 is 0 Å². The molecule has 1 aromatic heterocycles. The standard InChI is InChI=1S/C18H22N4O2/c1-24-15-8-4-3-7-14(15)11-18(23)21-16-12-17(20-13-19-16)22-9-5-2-6-10-22/h3-4,7-8,12-13H,2,5-6,9-11H2,1H3,(H,19,20,21,23). The number of nitrogens with zero attached hydrogens (tertiary/aromatic N) is 3. The molecule has 2 heterocycles. The van der Waals surface area contributed by atoms with Gasteiger partial charge in [-0.3, -0.25) is 4.79 Å². The molecular weight excluding hydrogens is 304 g/mol. The average molecular weight is 326 g/mol. The Labute approximate surface area is 141 Å². The largest absolute Gasteiger partial charge is 0.496 e. The van der Waals surface area contributed by atoms with Gasteiger partial charge in [0, 0.05) is 24.7 Å². The Balaban J connectivity index is 1.66. The molecule has 126 valence electrons. The molecule has 1 aliphatic rings. The Morgan fingerprint density at radius 2 is 2.00 bits per heavy atom. The van der Waals surface area contributed by atoms with Crippen molar-refractivity contribution in [2.75, 3.05) is 30.4 Å². The van der Waals surface area contributed by atoms with Crippen LogP contribution >= 0.6 is 0 Å². The summed E-state index contributed by atoms with van der Waals surface area (Å²) in [5, 5.41) is 2.85. The van der Waals surface area contributed by atoms with E-state index in [-0.39, 0.29) is 12.3 Å². The Kier molecular flexibility index (Phi) is 5.25. The number of hydrogen-bond acceptors (Lipinski definition) is 5. The number of methoxy groups -OCH3 is 1. The first-order chi connectivity index (χ1) is 11.8. The smallest absolute Gasteiger partial charge is 0.230 e. The summed E-state index contributed by atoms with van der Waals surface area (Å²) in [5.74, 6) is 2.00. The molecule has 1 fully saturated rings. The monoisotopic (exact) mass is 326 g/mol. The molecule has 6 heteroatoms. The van der Waals surface area contributed by atoms with Crippen LogP contribution < -0.4 is 15.0 Å². The maximum Gasteiger partial charge on any atom is 0.230 e. The van der Waals surface area contributed by atoms with E-state index in [9.17, 15) is 4.79 Å². The minimum absolute atomic E-state index is 0.122. The molecule has 0 aliphatic carbocycles. The van der Waals surface area contributed by atoms with Gasteiger partial charge in [0.25, 0.3) is 0 Å². The molecule has 0 bridgehead atoms. The second-order valence-electron chi connectivity index (χ2n) is 5.85. The van der Waals surface area contributed by atoms with E-state index in [2.05, 4.69) is 20.2 Å². The summed E-state index contributed by atoms with van der Waals surface area (Å²) >= 11 is 0. The Morgan fingerprint density at radius 3 is 2.79 bits per heavy atom. The van der Waals surface area contributed by atoms with Crippen molar-refractivity contribution in [3.63, 3.8) is 0 Å². The average Bonchev–Trinajstić information content (AvgIpc) is 2.63. The third-order valence-electron chi connectivity index (χ3n) is 4.14. The lowest BCUT2D eigenvalue weighted by Gasteiger charge is -2.27. The van der Waals surface area contributed by atoms with Gasteiger partial charge in [0.15, 0.2) is 0 Å². The molecule has 1 aromatic carbocycles.